The number of rotatable bonds is 3. The maximum atomic E-state index is 13.0. The molecule has 1 fully saturated rings. The summed E-state index contributed by atoms with van der Waals surface area (Å²) in [6.07, 6.45) is 4.36. The van der Waals surface area contributed by atoms with Crippen LogP contribution in [0.4, 0.5) is 5.82 Å². The standard InChI is InChI=1S/C19H22N8O2/c1-13(27-18(28)11-14-3-2-4-15(14)22-27)19(29)25-9-7-24(8-10-25)17-6-5-16-21-20-12-26(16)23-17/h5-6,11-13H,2-4,7-10H2,1H3. The smallest absolute Gasteiger partial charge is 0.267 e. The number of fused-ring (bicyclic) bond motifs is 2. The molecule has 0 radical (unpaired) electrons. The summed E-state index contributed by atoms with van der Waals surface area (Å²) in [5.74, 6) is 0.758. The van der Waals surface area contributed by atoms with Gasteiger partial charge in [0.15, 0.2) is 5.65 Å². The van der Waals surface area contributed by atoms with Crippen molar-refractivity contribution in [3.05, 3.63) is 46.1 Å². The second-order valence-corrected chi connectivity index (χ2v) is 7.57. The summed E-state index contributed by atoms with van der Waals surface area (Å²) in [5, 5.41) is 16.8. The fourth-order valence-corrected chi connectivity index (χ4v) is 4.10. The zero-order valence-corrected chi connectivity index (χ0v) is 16.2. The van der Waals surface area contributed by atoms with Crippen molar-refractivity contribution >= 4 is 17.4 Å². The molecule has 0 N–H and O–H groups in total. The Morgan fingerprint density at radius 1 is 1.10 bits per heavy atom. The molecular formula is C19H22N8O2. The van der Waals surface area contributed by atoms with Crippen LogP contribution in [-0.2, 0) is 17.6 Å². The maximum Gasteiger partial charge on any atom is 0.267 e. The largest absolute Gasteiger partial charge is 0.352 e. The van der Waals surface area contributed by atoms with Gasteiger partial charge in [-0.3, -0.25) is 9.59 Å². The van der Waals surface area contributed by atoms with E-state index in [2.05, 4.69) is 25.3 Å². The summed E-state index contributed by atoms with van der Waals surface area (Å²) in [7, 11) is 0. The van der Waals surface area contributed by atoms with E-state index in [1.165, 1.54) is 4.68 Å². The summed E-state index contributed by atoms with van der Waals surface area (Å²) in [6.45, 7) is 4.25. The third-order valence-corrected chi connectivity index (χ3v) is 5.77. The Morgan fingerprint density at radius 2 is 1.93 bits per heavy atom. The molecule has 1 amide bonds. The summed E-state index contributed by atoms with van der Waals surface area (Å²) in [5.41, 5.74) is 2.47. The van der Waals surface area contributed by atoms with Gasteiger partial charge in [0, 0.05) is 32.2 Å². The number of anilines is 1. The molecular weight excluding hydrogens is 372 g/mol. The van der Waals surface area contributed by atoms with E-state index in [1.807, 2.05) is 12.1 Å². The van der Waals surface area contributed by atoms with Crippen LogP contribution in [0.25, 0.3) is 5.65 Å². The predicted octanol–water partition coefficient (Wildman–Crippen LogP) is 0.0795. The van der Waals surface area contributed by atoms with Crippen LogP contribution in [0.3, 0.4) is 0 Å². The Labute approximate surface area is 166 Å². The second kappa shape index (κ2) is 6.94. The van der Waals surface area contributed by atoms with E-state index in [-0.39, 0.29) is 11.5 Å². The molecule has 4 heterocycles. The molecule has 3 aromatic rings. The molecule has 1 unspecified atom stereocenters. The van der Waals surface area contributed by atoms with Gasteiger partial charge in [-0.2, -0.15) is 9.61 Å². The van der Waals surface area contributed by atoms with Crippen molar-refractivity contribution in [1.82, 2.24) is 34.5 Å². The third-order valence-electron chi connectivity index (χ3n) is 5.77. The van der Waals surface area contributed by atoms with Crippen molar-refractivity contribution in [3.63, 3.8) is 0 Å². The highest BCUT2D eigenvalue weighted by molar-refractivity contribution is 5.80. The molecule has 1 saturated heterocycles. The second-order valence-electron chi connectivity index (χ2n) is 7.57. The monoisotopic (exact) mass is 394 g/mol. The van der Waals surface area contributed by atoms with Crippen molar-refractivity contribution in [2.75, 3.05) is 31.1 Å². The number of aryl methyl sites for hydroxylation is 2. The maximum absolute atomic E-state index is 13.0. The van der Waals surface area contributed by atoms with Gasteiger partial charge in [0.05, 0.1) is 5.69 Å². The fraction of sp³-hybridized carbons (Fsp3) is 0.474. The highest BCUT2D eigenvalue weighted by atomic mass is 16.2. The molecule has 29 heavy (non-hydrogen) atoms. The molecule has 5 rings (SSSR count). The van der Waals surface area contributed by atoms with Crippen LogP contribution in [0.15, 0.2) is 29.3 Å². The van der Waals surface area contributed by atoms with Crippen LogP contribution in [-0.4, -0.2) is 66.6 Å². The van der Waals surface area contributed by atoms with Gasteiger partial charge in [-0.1, -0.05) is 0 Å². The van der Waals surface area contributed by atoms with Crippen molar-refractivity contribution in [2.45, 2.75) is 32.2 Å². The predicted molar refractivity (Wildman–Crippen MR) is 105 cm³/mol. The van der Waals surface area contributed by atoms with Crippen LogP contribution in [0, 0.1) is 0 Å². The minimum atomic E-state index is -0.605. The molecule has 1 atom stereocenters. The molecule has 0 bridgehead atoms. The number of hydrogen-bond donors (Lipinski definition) is 0. The van der Waals surface area contributed by atoms with Gasteiger partial charge in [-0.25, -0.2) is 4.68 Å². The SMILES string of the molecule is CC(C(=O)N1CCN(c2ccc3nncn3n2)CC1)n1nc2c(cc1=O)CCC2. The van der Waals surface area contributed by atoms with E-state index in [9.17, 15) is 9.59 Å². The van der Waals surface area contributed by atoms with Crippen molar-refractivity contribution < 1.29 is 4.79 Å². The lowest BCUT2D eigenvalue weighted by Gasteiger charge is -2.36. The van der Waals surface area contributed by atoms with Crippen LogP contribution in [0.1, 0.15) is 30.6 Å². The van der Waals surface area contributed by atoms with Crippen LogP contribution in [0.2, 0.25) is 0 Å². The molecule has 0 saturated carbocycles. The Hall–Kier alpha value is -3.30. The van der Waals surface area contributed by atoms with E-state index in [0.717, 1.165) is 36.3 Å². The lowest BCUT2D eigenvalue weighted by Crippen LogP contribution is -2.51. The average Bonchev–Trinajstić information content (AvgIpc) is 3.40. The van der Waals surface area contributed by atoms with Gasteiger partial charge in [0.25, 0.3) is 5.56 Å². The topological polar surface area (TPSA) is 102 Å². The lowest BCUT2D eigenvalue weighted by molar-refractivity contribution is -0.135. The number of piperazine rings is 1. The van der Waals surface area contributed by atoms with Gasteiger partial charge in [0.1, 0.15) is 18.2 Å². The van der Waals surface area contributed by atoms with Gasteiger partial charge >= 0.3 is 0 Å². The number of carbonyl (C=O) groups is 1. The first kappa shape index (κ1) is 17.8. The molecule has 0 aromatic carbocycles. The molecule has 0 spiro atoms. The zero-order chi connectivity index (χ0) is 20.0. The zero-order valence-electron chi connectivity index (χ0n) is 16.2. The van der Waals surface area contributed by atoms with Gasteiger partial charge in [-0.15, -0.1) is 15.3 Å². The summed E-state index contributed by atoms with van der Waals surface area (Å²) < 4.78 is 2.99. The number of hydrogen-bond acceptors (Lipinski definition) is 7. The van der Waals surface area contributed by atoms with Gasteiger partial charge in [0.2, 0.25) is 5.91 Å². The number of carbonyl (C=O) groups excluding carboxylic acids is 1. The molecule has 2 aliphatic rings. The Kier molecular flexibility index (Phi) is 4.26. The van der Waals surface area contributed by atoms with Crippen LogP contribution >= 0.6 is 0 Å². The summed E-state index contributed by atoms with van der Waals surface area (Å²) >= 11 is 0. The van der Waals surface area contributed by atoms with E-state index in [1.54, 1.807) is 28.7 Å². The fourth-order valence-electron chi connectivity index (χ4n) is 4.10. The number of aromatic nitrogens is 6. The third kappa shape index (κ3) is 3.14. The first-order valence-electron chi connectivity index (χ1n) is 9.92. The average molecular weight is 394 g/mol. The summed E-state index contributed by atoms with van der Waals surface area (Å²) in [6, 6.07) is 4.83. The lowest BCUT2D eigenvalue weighted by atomic mass is 10.2. The number of nitrogens with zero attached hydrogens (tertiary/aromatic N) is 8. The van der Waals surface area contributed by atoms with Crippen LogP contribution in [0.5, 0.6) is 0 Å². The highest BCUT2D eigenvalue weighted by Gasteiger charge is 2.28. The van der Waals surface area contributed by atoms with E-state index in [0.29, 0.717) is 31.8 Å². The molecule has 1 aliphatic carbocycles. The van der Waals surface area contributed by atoms with Crippen LogP contribution < -0.4 is 10.5 Å². The van der Waals surface area contributed by atoms with Crippen molar-refractivity contribution in [1.29, 1.82) is 0 Å². The normalized spacial score (nSPS) is 17.6. The first-order chi connectivity index (χ1) is 14.1. The Bertz CT molecular complexity index is 1130. The highest BCUT2D eigenvalue weighted by Crippen LogP contribution is 2.19. The van der Waals surface area contributed by atoms with E-state index in [4.69, 9.17) is 0 Å². The summed E-state index contributed by atoms with van der Waals surface area (Å²) in [4.78, 5) is 29.4. The molecule has 1 aliphatic heterocycles. The molecule has 3 aromatic heterocycles. The van der Waals surface area contributed by atoms with E-state index < -0.39 is 6.04 Å². The first-order valence-corrected chi connectivity index (χ1v) is 9.92. The molecule has 10 heteroatoms. The minimum Gasteiger partial charge on any atom is -0.352 e. The van der Waals surface area contributed by atoms with Crippen molar-refractivity contribution in [2.24, 2.45) is 0 Å². The van der Waals surface area contributed by atoms with Gasteiger partial charge < -0.3 is 9.80 Å². The minimum absolute atomic E-state index is 0.0700. The van der Waals surface area contributed by atoms with E-state index >= 15 is 0 Å². The molecule has 150 valence electrons. The molecule has 10 nitrogen and oxygen atoms in total. The Morgan fingerprint density at radius 3 is 2.76 bits per heavy atom. The Balaban J connectivity index is 1.28. The number of amides is 1. The van der Waals surface area contributed by atoms with Crippen molar-refractivity contribution in [3.8, 4) is 0 Å². The van der Waals surface area contributed by atoms with Gasteiger partial charge in [-0.05, 0) is 43.9 Å². The quantitative estimate of drug-likeness (QED) is 0.620.